The number of carbonyl (C=O) groups is 1. The Kier molecular flexibility index (Phi) is 6.78. The van der Waals surface area contributed by atoms with Crippen LogP contribution in [0, 0.1) is 17.6 Å². The lowest BCUT2D eigenvalue weighted by molar-refractivity contribution is 0.0981. The van der Waals surface area contributed by atoms with E-state index in [4.69, 9.17) is 9.47 Å². The summed E-state index contributed by atoms with van der Waals surface area (Å²) in [6.45, 7) is 0.445. The standard InChI is InChI=1S/C24H22F2N2O5S/c1-34(30,31)28-24(29)16-4-5-18(22(26)10-16)14-32-19-7-8-21(25)20(11-19)17-6-9-23(27-12-17)33-13-15-2-3-15/h4-12,15H,2-3,13-14H2,1H3,(H,28,29). The van der Waals surface area contributed by atoms with E-state index in [0.717, 1.165) is 12.3 Å². The second kappa shape index (κ2) is 9.76. The van der Waals surface area contributed by atoms with Crippen molar-refractivity contribution in [2.24, 2.45) is 5.92 Å². The summed E-state index contributed by atoms with van der Waals surface area (Å²) < 4.78 is 64.2. The number of aromatic nitrogens is 1. The highest BCUT2D eigenvalue weighted by Crippen LogP contribution is 2.30. The molecule has 1 N–H and O–H groups in total. The molecular formula is C24H22F2N2O5S. The molecular weight excluding hydrogens is 466 g/mol. The zero-order valence-electron chi connectivity index (χ0n) is 18.3. The van der Waals surface area contributed by atoms with Crippen molar-refractivity contribution in [1.29, 1.82) is 0 Å². The van der Waals surface area contributed by atoms with Crippen LogP contribution in [0.25, 0.3) is 11.1 Å². The van der Waals surface area contributed by atoms with Gasteiger partial charge >= 0.3 is 0 Å². The number of halogens is 2. The minimum absolute atomic E-state index is 0.139. The smallest absolute Gasteiger partial charge is 0.264 e. The lowest BCUT2D eigenvalue weighted by Gasteiger charge is -2.11. The number of nitrogens with one attached hydrogen (secondary N) is 1. The van der Waals surface area contributed by atoms with Crippen LogP contribution in [0.1, 0.15) is 28.8 Å². The third kappa shape index (κ3) is 6.28. The largest absolute Gasteiger partial charge is 0.489 e. The number of carbonyl (C=O) groups excluding carboxylic acids is 1. The van der Waals surface area contributed by atoms with Gasteiger partial charge in [-0.15, -0.1) is 0 Å². The Morgan fingerprint density at radius 1 is 1.06 bits per heavy atom. The Hall–Kier alpha value is -3.53. The molecule has 0 saturated heterocycles. The van der Waals surface area contributed by atoms with Crippen LogP contribution in [-0.2, 0) is 16.6 Å². The van der Waals surface area contributed by atoms with Crippen molar-refractivity contribution in [3.63, 3.8) is 0 Å². The molecule has 1 aromatic heterocycles. The molecule has 1 aliphatic carbocycles. The maximum Gasteiger partial charge on any atom is 0.264 e. The van der Waals surface area contributed by atoms with Crippen molar-refractivity contribution in [3.8, 4) is 22.8 Å². The van der Waals surface area contributed by atoms with Crippen LogP contribution in [0.3, 0.4) is 0 Å². The highest BCUT2D eigenvalue weighted by molar-refractivity contribution is 7.89. The molecule has 3 aromatic rings. The molecule has 1 saturated carbocycles. The molecule has 1 fully saturated rings. The fraction of sp³-hybridized carbons (Fsp3) is 0.250. The Labute approximate surface area is 195 Å². The summed E-state index contributed by atoms with van der Waals surface area (Å²) in [6, 6.07) is 11.1. The van der Waals surface area contributed by atoms with Crippen molar-refractivity contribution >= 4 is 15.9 Å². The maximum absolute atomic E-state index is 14.4. The number of ether oxygens (including phenoxy) is 2. The van der Waals surface area contributed by atoms with Gasteiger partial charge in [-0.1, -0.05) is 6.07 Å². The number of benzene rings is 2. The van der Waals surface area contributed by atoms with Crippen molar-refractivity contribution in [2.45, 2.75) is 19.4 Å². The van der Waals surface area contributed by atoms with Crippen molar-refractivity contribution in [2.75, 3.05) is 12.9 Å². The zero-order valence-corrected chi connectivity index (χ0v) is 19.1. The number of hydrogen-bond donors (Lipinski definition) is 1. The summed E-state index contributed by atoms with van der Waals surface area (Å²) in [6.07, 6.45) is 4.68. The molecule has 1 amide bonds. The topological polar surface area (TPSA) is 94.6 Å². The first-order valence-corrected chi connectivity index (χ1v) is 12.4. The van der Waals surface area contributed by atoms with Gasteiger partial charge in [0.1, 0.15) is 24.0 Å². The number of rotatable bonds is 9. The van der Waals surface area contributed by atoms with E-state index >= 15 is 0 Å². The Morgan fingerprint density at radius 3 is 2.50 bits per heavy atom. The van der Waals surface area contributed by atoms with E-state index in [1.807, 2.05) is 0 Å². The molecule has 4 rings (SSSR count). The SMILES string of the molecule is CS(=O)(=O)NC(=O)c1ccc(COc2ccc(F)c(-c3ccc(OCC4CC4)nc3)c2)c(F)c1. The number of nitrogens with zero attached hydrogens (tertiary/aromatic N) is 1. The molecule has 0 aliphatic heterocycles. The van der Waals surface area contributed by atoms with Crippen LogP contribution < -0.4 is 14.2 Å². The van der Waals surface area contributed by atoms with Gasteiger partial charge in [-0.25, -0.2) is 26.9 Å². The van der Waals surface area contributed by atoms with Gasteiger partial charge in [0, 0.05) is 34.5 Å². The lowest BCUT2D eigenvalue weighted by Crippen LogP contribution is -2.29. The zero-order chi connectivity index (χ0) is 24.3. The molecule has 7 nitrogen and oxygen atoms in total. The minimum atomic E-state index is -3.77. The molecule has 10 heteroatoms. The highest BCUT2D eigenvalue weighted by Gasteiger charge is 2.22. The summed E-state index contributed by atoms with van der Waals surface area (Å²) in [5, 5.41) is 0. The molecule has 0 atom stereocenters. The van der Waals surface area contributed by atoms with Crippen molar-refractivity contribution < 1.29 is 31.5 Å². The summed E-state index contributed by atoms with van der Waals surface area (Å²) in [5.74, 6) is -0.757. The van der Waals surface area contributed by atoms with Gasteiger partial charge in [-0.05, 0) is 55.2 Å². The average molecular weight is 489 g/mol. The van der Waals surface area contributed by atoms with E-state index in [1.165, 1.54) is 49.4 Å². The van der Waals surface area contributed by atoms with E-state index in [2.05, 4.69) is 4.98 Å². The molecule has 1 heterocycles. The van der Waals surface area contributed by atoms with Crippen LogP contribution in [0.4, 0.5) is 8.78 Å². The van der Waals surface area contributed by atoms with Crippen molar-refractivity contribution in [1.82, 2.24) is 9.71 Å². The molecule has 0 radical (unpaired) electrons. The van der Waals surface area contributed by atoms with Crippen LogP contribution in [0.15, 0.2) is 54.7 Å². The molecule has 0 bridgehead atoms. The monoisotopic (exact) mass is 488 g/mol. The normalized spacial score (nSPS) is 13.4. The lowest BCUT2D eigenvalue weighted by atomic mass is 10.1. The van der Waals surface area contributed by atoms with Crippen LogP contribution in [0.5, 0.6) is 11.6 Å². The Balaban J connectivity index is 1.42. The Bertz CT molecular complexity index is 1310. The summed E-state index contributed by atoms with van der Waals surface area (Å²) in [4.78, 5) is 16.1. The predicted molar refractivity (Wildman–Crippen MR) is 121 cm³/mol. The van der Waals surface area contributed by atoms with E-state index < -0.39 is 27.6 Å². The molecule has 0 spiro atoms. The average Bonchev–Trinajstić information content (AvgIpc) is 3.61. The first-order chi connectivity index (χ1) is 16.2. The number of hydrogen-bond acceptors (Lipinski definition) is 6. The second-order valence-corrected chi connectivity index (χ2v) is 9.83. The molecule has 178 valence electrons. The van der Waals surface area contributed by atoms with E-state index in [-0.39, 0.29) is 23.3 Å². The Morgan fingerprint density at radius 2 is 1.85 bits per heavy atom. The highest BCUT2D eigenvalue weighted by atomic mass is 32.2. The van der Waals surface area contributed by atoms with Crippen LogP contribution in [0.2, 0.25) is 0 Å². The predicted octanol–water partition coefficient (Wildman–Crippen LogP) is 4.08. The quantitative estimate of drug-likeness (QED) is 0.488. The summed E-state index contributed by atoms with van der Waals surface area (Å²) >= 11 is 0. The molecule has 1 aliphatic rings. The third-order valence-corrected chi connectivity index (χ3v) is 5.69. The number of amides is 1. The van der Waals surface area contributed by atoms with Gasteiger partial charge in [-0.2, -0.15) is 0 Å². The first-order valence-electron chi connectivity index (χ1n) is 10.5. The van der Waals surface area contributed by atoms with Crippen LogP contribution >= 0.6 is 0 Å². The number of pyridine rings is 1. The fourth-order valence-electron chi connectivity index (χ4n) is 3.12. The van der Waals surface area contributed by atoms with Gasteiger partial charge in [0.15, 0.2) is 0 Å². The van der Waals surface area contributed by atoms with Gasteiger partial charge in [-0.3, -0.25) is 4.79 Å². The van der Waals surface area contributed by atoms with E-state index in [0.29, 0.717) is 29.7 Å². The van der Waals surface area contributed by atoms with E-state index in [9.17, 15) is 22.0 Å². The second-order valence-electron chi connectivity index (χ2n) is 8.08. The first kappa shape index (κ1) is 23.6. The van der Waals surface area contributed by atoms with Gasteiger partial charge < -0.3 is 9.47 Å². The van der Waals surface area contributed by atoms with Crippen LogP contribution in [-0.4, -0.2) is 32.2 Å². The minimum Gasteiger partial charge on any atom is -0.489 e. The van der Waals surface area contributed by atoms with Crippen molar-refractivity contribution in [3.05, 3.63) is 77.5 Å². The summed E-state index contributed by atoms with van der Waals surface area (Å²) in [7, 11) is -3.77. The van der Waals surface area contributed by atoms with Gasteiger partial charge in [0.25, 0.3) is 5.91 Å². The third-order valence-electron chi connectivity index (χ3n) is 5.14. The van der Waals surface area contributed by atoms with Gasteiger partial charge in [0.2, 0.25) is 15.9 Å². The van der Waals surface area contributed by atoms with E-state index in [1.54, 1.807) is 16.9 Å². The molecule has 0 unspecified atom stereocenters. The van der Waals surface area contributed by atoms with Gasteiger partial charge in [0.05, 0.1) is 12.9 Å². The fourth-order valence-corrected chi connectivity index (χ4v) is 3.58. The number of sulfonamides is 1. The summed E-state index contributed by atoms with van der Waals surface area (Å²) in [5.41, 5.74) is 0.801. The molecule has 2 aromatic carbocycles. The molecule has 34 heavy (non-hydrogen) atoms. The maximum atomic E-state index is 14.4.